The Hall–Kier alpha value is -4.21. The van der Waals surface area contributed by atoms with Gasteiger partial charge in [0.15, 0.2) is 11.5 Å². The van der Waals surface area contributed by atoms with Crippen molar-refractivity contribution in [2.75, 3.05) is 13.2 Å². The molecule has 31 heavy (non-hydrogen) atoms. The zero-order valence-corrected chi connectivity index (χ0v) is 16.1. The molecular formula is C21H17FN2O7. The van der Waals surface area contributed by atoms with Crippen molar-refractivity contribution in [2.24, 2.45) is 0 Å². The SMILES string of the molecule is O=[N+]([O-])c1ccc(F)cc1OCCOc1ccc(OCc2ccccc2)cc1[N+](=O)[O-]. The minimum absolute atomic E-state index is 0.0191. The van der Waals surface area contributed by atoms with Crippen LogP contribution in [-0.4, -0.2) is 23.1 Å². The van der Waals surface area contributed by atoms with E-state index >= 15 is 0 Å². The van der Waals surface area contributed by atoms with Crippen LogP contribution in [0.4, 0.5) is 15.8 Å². The molecule has 3 aromatic rings. The molecule has 0 aliphatic rings. The second-order valence-corrected chi connectivity index (χ2v) is 6.23. The van der Waals surface area contributed by atoms with E-state index in [0.29, 0.717) is 5.75 Å². The van der Waals surface area contributed by atoms with Gasteiger partial charge in [-0.1, -0.05) is 30.3 Å². The van der Waals surface area contributed by atoms with Crippen LogP contribution >= 0.6 is 0 Å². The highest BCUT2D eigenvalue weighted by atomic mass is 19.1. The van der Waals surface area contributed by atoms with Crippen molar-refractivity contribution in [3.8, 4) is 17.2 Å². The van der Waals surface area contributed by atoms with Crippen LogP contribution in [0.15, 0.2) is 66.7 Å². The van der Waals surface area contributed by atoms with Crippen LogP contribution in [0.3, 0.4) is 0 Å². The normalized spacial score (nSPS) is 10.4. The highest BCUT2D eigenvalue weighted by molar-refractivity contribution is 5.51. The van der Waals surface area contributed by atoms with E-state index < -0.39 is 21.4 Å². The average Bonchev–Trinajstić information content (AvgIpc) is 2.76. The summed E-state index contributed by atoms with van der Waals surface area (Å²) in [5.74, 6) is -0.667. The molecule has 9 nitrogen and oxygen atoms in total. The topological polar surface area (TPSA) is 114 Å². The van der Waals surface area contributed by atoms with Gasteiger partial charge in [-0.25, -0.2) is 4.39 Å². The van der Waals surface area contributed by atoms with Crippen LogP contribution in [0.1, 0.15) is 5.56 Å². The van der Waals surface area contributed by atoms with E-state index in [2.05, 4.69) is 0 Å². The Morgan fingerprint density at radius 3 is 2.10 bits per heavy atom. The third-order valence-electron chi connectivity index (χ3n) is 4.09. The van der Waals surface area contributed by atoms with Crippen LogP contribution < -0.4 is 14.2 Å². The van der Waals surface area contributed by atoms with E-state index in [0.717, 1.165) is 23.8 Å². The summed E-state index contributed by atoms with van der Waals surface area (Å²) in [5, 5.41) is 22.3. The van der Waals surface area contributed by atoms with E-state index in [1.165, 1.54) is 18.2 Å². The highest BCUT2D eigenvalue weighted by Crippen LogP contribution is 2.32. The molecule has 0 aromatic heterocycles. The number of hydrogen-bond donors (Lipinski definition) is 0. The monoisotopic (exact) mass is 428 g/mol. The molecule has 0 bridgehead atoms. The maximum Gasteiger partial charge on any atom is 0.314 e. The Balaban J connectivity index is 1.60. The Labute approximate surface area is 175 Å². The summed E-state index contributed by atoms with van der Waals surface area (Å²) in [6.45, 7) is -0.0924. The molecule has 10 heteroatoms. The predicted octanol–water partition coefficient (Wildman–Crippen LogP) is 4.68. The van der Waals surface area contributed by atoms with E-state index in [1.807, 2.05) is 30.3 Å². The van der Waals surface area contributed by atoms with Gasteiger partial charge < -0.3 is 14.2 Å². The van der Waals surface area contributed by atoms with Crippen molar-refractivity contribution in [1.82, 2.24) is 0 Å². The maximum atomic E-state index is 13.3. The molecule has 0 aliphatic carbocycles. The van der Waals surface area contributed by atoms with Crippen molar-refractivity contribution in [1.29, 1.82) is 0 Å². The Morgan fingerprint density at radius 1 is 0.742 bits per heavy atom. The van der Waals surface area contributed by atoms with Crippen LogP contribution in [0, 0.1) is 26.0 Å². The summed E-state index contributed by atoms with van der Waals surface area (Å²) in [5.41, 5.74) is 0.212. The summed E-state index contributed by atoms with van der Waals surface area (Å²) in [7, 11) is 0. The number of nitro benzene ring substituents is 2. The number of ether oxygens (including phenoxy) is 3. The van der Waals surface area contributed by atoms with Gasteiger partial charge >= 0.3 is 11.4 Å². The average molecular weight is 428 g/mol. The lowest BCUT2D eigenvalue weighted by Gasteiger charge is -2.11. The first-order valence-electron chi connectivity index (χ1n) is 9.09. The van der Waals surface area contributed by atoms with Gasteiger partial charge in [0.05, 0.1) is 15.9 Å². The molecular weight excluding hydrogens is 411 g/mol. The van der Waals surface area contributed by atoms with Gasteiger partial charge in [-0.3, -0.25) is 20.2 Å². The van der Waals surface area contributed by atoms with Crippen molar-refractivity contribution < 1.29 is 28.4 Å². The van der Waals surface area contributed by atoms with Gasteiger partial charge in [0, 0.05) is 12.1 Å². The zero-order chi connectivity index (χ0) is 22.2. The molecule has 0 saturated heterocycles. The van der Waals surface area contributed by atoms with E-state index in [1.54, 1.807) is 0 Å². The first-order chi connectivity index (χ1) is 14.9. The molecule has 3 aromatic carbocycles. The molecule has 0 unspecified atom stereocenters. The van der Waals surface area contributed by atoms with Crippen LogP contribution in [-0.2, 0) is 6.61 Å². The number of benzene rings is 3. The lowest BCUT2D eigenvalue weighted by atomic mass is 10.2. The summed E-state index contributed by atoms with van der Waals surface area (Å²) >= 11 is 0. The number of nitrogens with zero attached hydrogens (tertiary/aromatic N) is 2. The third-order valence-corrected chi connectivity index (χ3v) is 4.09. The minimum atomic E-state index is -0.700. The lowest BCUT2D eigenvalue weighted by molar-refractivity contribution is -0.386. The number of nitro groups is 2. The van der Waals surface area contributed by atoms with Crippen LogP contribution in [0.5, 0.6) is 17.2 Å². The highest BCUT2D eigenvalue weighted by Gasteiger charge is 2.18. The lowest BCUT2D eigenvalue weighted by Crippen LogP contribution is -2.11. The quantitative estimate of drug-likeness (QED) is 0.262. The Kier molecular flexibility index (Phi) is 6.94. The van der Waals surface area contributed by atoms with E-state index in [9.17, 15) is 24.6 Å². The largest absolute Gasteiger partial charge is 0.489 e. The second kappa shape index (κ2) is 10.0. The summed E-state index contributed by atoms with van der Waals surface area (Å²) in [6, 6.07) is 16.3. The van der Waals surface area contributed by atoms with Crippen molar-refractivity contribution in [3.63, 3.8) is 0 Å². The molecule has 0 saturated carbocycles. The molecule has 0 atom stereocenters. The Bertz CT molecular complexity index is 1080. The summed E-state index contributed by atoms with van der Waals surface area (Å²) in [6.07, 6.45) is 0. The number of halogens is 1. The van der Waals surface area contributed by atoms with Gasteiger partial charge in [-0.15, -0.1) is 0 Å². The maximum absolute atomic E-state index is 13.3. The van der Waals surface area contributed by atoms with Gasteiger partial charge in [0.25, 0.3) is 0 Å². The number of hydrogen-bond acceptors (Lipinski definition) is 7. The first-order valence-corrected chi connectivity index (χ1v) is 9.09. The Morgan fingerprint density at radius 2 is 1.42 bits per heavy atom. The smallest absolute Gasteiger partial charge is 0.314 e. The fourth-order valence-corrected chi connectivity index (χ4v) is 2.65. The van der Waals surface area contributed by atoms with Gasteiger partial charge in [-0.05, 0) is 23.8 Å². The van der Waals surface area contributed by atoms with Crippen LogP contribution in [0.25, 0.3) is 0 Å². The first kappa shape index (κ1) is 21.5. The molecule has 0 fully saturated rings. The summed E-state index contributed by atoms with van der Waals surface area (Å²) in [4.78, 5) is 21.0. The zero-order valence-electron chi connectivity index (χ0n) is 16.1. The summed E-state index contributed by atoms with van der Waals surface area (Å²) < 4.78 is 29.5. The van der Waals surface area contributed by atoms with E-state index in [4.69, 9.17) is 14.2 Å². The van der Waals surface area contributed by atoms with Crippen LogP contribution in [0.2, 0.25) is 0 Å². The van der Waals surface area contributed by atoms with Gasteiger partial charge in [0.1, 0.15) is 31.4 Å². The minimum Gasteiger partial charge on any atom is -0.489 e. The van der Waals surface area contributed by atoms with Crippen molar-refractivity contribution in [3.05, 3.63) is 98.3 Å². The molecule has 0 amide bonds. The van der Waals surface area contributed by atoms with Gasteiger partial charge in [-0.2, -0.15) is 0 Å². The molecule has 160 valence electrons. The molecule has 0 heterocycles. The van der Waals surface area contributed by atoms with E-state index in [-0.39, 0.29) is 37.0 Å². The van der Waals surface area contributed by atoms with Crippen molar-refractivity contribution >= 4 is 11.4 Å². The number of rotatable bonds is 10. The molecule has 0 N–H and O–H groups in total. The van der Waals surface area contributed by atoms with Gasteiger partial charge in [0.2, 0.25) is 0 Å². The molecule has 0 aliphatic heterocycles. The second-order valence-electron chi connectivity index (χ2n) is 6.23. The molecule has 0 spiro atoms. The molecule has 3 rings (SSSR count). The fraction of sp³-hybridized carbons (Fsp3) is 0.143. The molecule has 0 radical (unpaired) electrons. The standard InChI is InChI=1S/C21H17FN2O7/c22-16-6-8-18(23(25)26)21(12-16)30-11-10-29-20-9-7-17(13-19(20)24(27)28)31-14-15-4-2-1-3-5-15/h1-9,12-13H,10-11,14H2. The van der Waals surface area contributed by atoms with Crippen molar-refractivity contribution in [2.45, 2.75) is 6.61 Å². The predicted molar refractivity (Wildman–Crippen MR) is 108 cm³/mol. The fourth-order valence-electron chi connectivity index (χ4n) is 2.65. The third kappa shape index (κ3) is 5.89.